The van der Waals surface area contributed by atoms with Crippen LogP contribution in [0.2, 0.25) is 0 Å². The van der Waals surface area contributed by atoms with E-state index < -0.39 is 5.97 Å². The third-order valence-corrected chi connectivity index (χ3v) is 1.95. The van der Waals surface area contributed by atoms with Gasteiger partial charge in [0.25, 0.3) is 0 Å². The molecule has 0 saturated carbocycles. The SMILES string of the molecule is O=C(O)Cc1oc2ccccc2c1O. The van der Waals surface area contributed by atoms with E-state index in [1.807, 2.05) is 0 Å². The van der Waals surface area contributed by atoms with Crippen molar-refractivity contribution in [3.05, 3.63) is 30.0 Å². The molecule has 1 heterocycles. The number of furan rings is 1. The minimum Gasteiger partial charge on any atom is -0.504 e. The van der Waals surface area contributed by atoms with Crippen molar-refractivity contribution in [2.24, 2.45) is 0 Å². The van der Waals surface area contributed by atoms with Gasteiger partial charge in [0, 0.05) is 0 Å². The average molecular weight is 192 g/mol. The van der Waals surface area contributed by atoms with Crippen LogP contribution < -0.4 is 0 Å². The van der Waals surface area contributed by atoms with Gasteiger partial charge < -0.3 is 14.6 Å². The zero-order chi connectivity index (χ0) is 10.1. The van der Waals surface area contributed by atoms with Gasteiger partial charge in [-0.3, -0.25) is 4.79 Å². The quantitative estimate of drug-likeness (QED) is 0.760. The second kappa shape index (κ2) is 3.06. The predicted octanol–water partition coefficient (Wildman–Crippen LogP) is 1.77. The summed E-state index contributed by atoms with van der Waals surface area (Å²) in [7, 11) is 0. The van der Waals surface area contributed by atoms with E-state index in [1.165, 1.54) is 0 Å². The van der Waals surface area contributed by atoms with E-state index in [0.717, 1.165) is 0 Å². The van der Waals surface area contributed by atoms with Crippen molar-refractivity contribution in [3.63, 3.8) is 0 Å². The molecule has 0 amide bonds. The highest BCUT2D eigenvalue weighted by molar-refractivity contribution is 5.86. The van der Waals surface area contributed by atoms with Crippen LogP contribution in [0.5, 0.6) is 5.75 Å². The van der Waals surface area contributed by atoms with Gasteiger partial charge in [0.1, 0.15) is 12.0 Å². The Morgan fingerprint density at radius 1 is 1.36 bits per heavy atom. The lowest BCUT2D eigenvalue weighted by Crippen LogP contribution is -1.98. The molecule has 4 heteroatoms. The van der Waals surface area contributed by atoms with Gasteiger partial charge in [0.05, 0.1) is 5.39 Å². The van der Waals surface area contributed by atoms with E-state index in [9.17, 15) is 9.90 Å². The van der Waals surface area contributed by atoms with Gasteiger partial charge in [0.2, 0.25) is 0 Å². The molecular formula is C10H8O4. The monoisotopic (exact) mass is 192 g/mol. The molecule has 1 aromatic heterocycles. The molecular weight excluding hydrogens is 184 g/mol. The van der Waals surface area contributed by atoms with E-state index >= 15 is 0 Å². The lowest BCUT2D eigenvalue weighted by Gasteiger charge is -1.90. The van der Waals surface area contributed by atoms with Crippen LogP contribution in [0.3, 0.4) is 0 Å². The highest BCUT2D eigenvalue weighted by Gasteiger charge is 2.14. The number of carboxylic acid groups (broad SMARTS) is 1. The second-order valence-corrected chi connectivity index (χ2v) is 2.94. The number of benzene rings is 1. The summed E-state index contributed by atoms with van der Waals surface area (Å²) in [6.07, 6.45) is -0.305. The molecule has 2 N–H and O–H groups in total. The Morgan fingerprint density at radius 3 is 2.71 bits per heavy atom. The summed E-state index contributed by atoms with van der Waals surface area (Å²) in [4.78, 5) is 10.4. The first-order valence-electron chi connectivity index (χ1n) is 4.09. The normalized spacial score (nSPS) is 10.6. The molecule has 0 aliphatic carbocycles. The average Bonchev–Trinajstić information content (AvgIpc) is 2.44. The molecule has 0 fully saturated rings. The molecule has 0 aliphatic heterocycles. The summed E-state index contributed by atoms with van der Waals surface area (Å²) < 4.78 is 5.18. The first-order valence-corrected chi connectivity index (χ1v) is 4.09. The van der Waals surface area contributed by atoms with Gasteiger partial charge in [-0.05, 0) is 12.1 Å². The number of rotatable bonds is 2. The van der Waals surface area contributed by atoms with Crippen LogP contribution in [0.1, 0.15) is 5.76 Å². The number of para-hydroxylation sites is 1. The Morgan fingerprint density at radius 2 is 2.07 bits per heavy atom. The Labute approximate surface area is 79.4 Å². The number of carboxylic acids is 1. The van der Waals surface area contributed by atoms with Crippen LogP contribution in [0.4, 0.5) is 0 Å². The fourth-order valence-corrected chi connectivity index (χ4v) is 1.34. The molecule has 0 spiro atoms. The number of aromatic hydroxyl groups is 1. The summed E-state index contributed by atoms with van der Waals surface area (Å²) in [5.41, 5.74) is 0.501. The molecule has 1 aromatic carbocycles. The van der Waals surface area contributed by atoms with Crippen molar-refractivity contribution < 1.29 is 19.4 Å². The zero-order valence-corrected chi connectivity index (χ0v) is 7.23. The van der Waals surface area contributed by atoms with Crippen LogP contribution in [0.15, 0.2) is 28.7 Å². The number of aliphatic carboxylic acids is 1. The Hall–Kier alpha value is -1.97. The maximum absolute atomic E-state index is 10.4. The van der Waals surface area contributed by atoms with Gasteiger partial charge in [-0.25, -0.2) is 0 Å². The van der Waals surface area contributed by atoms with Gasteiger partial charge in [-0.15, -0.1) is 0 Å². The molecule has 0 bridgehead atoms. The van der Waals surface area contributed by atoms with E-state index in [-0.39, 0.29) is 17.9 Å². The second-order valence-electron chi connectivity index (χ2n) is 2.94. The molecule has 0 aliphatic rings. The minimum atomic E-state index is -1.03. The predicted molar refractivity (Wildman–Crippen MR) is 49.2 cm³/mol. The topological polar surface area (TPSA) is 70.7 Å². The van der Waals surface area contributed by atoms with Crippen LogP contribution in [-0.4, -0.2) is 16.2 Å². The molecule has 2 aromatic rings. The third kappa shape index (κ3) is 1.31. The van der Waals surface area contributed by atoms with Crippen molar-refractivity contribution in [1.29, 1.82) is 0 Å². The lowest BCUT2D eigenvalue weighted by molar-refractivity contribution is -0.136. The maximum Gasteiger partial charge on any atom is 0.311 e. The maximum atomic E-state index is 10.4. The molecule has 0 saturated heterocycles. The summed E-state index contributed by atoms with van der Waals surface area (Å²) in [6.45, 7) is 0. The van der Waals surface area contributed by atoms with Crippen molar-refractivity contribution >= 4 is 16.9 Å². The molecule has 0 unspecified atom stereocenters. The van der Waals surface area contributed by atoms with E-state index in [1.54, 1.807) is 24.3 Å². The summed E-state index contributed by atoms with van der Waals surface area (Å²) in [5.74, 6) is -1.01. The zero-order valence-electron chi connectivity index (χ0n) is 7.23. The number of fused-ring (bicyclic) bond motifs is 1. The highest BCUT2D eigenvalue weighted by Crippen LogP contribution is 2.31. The van der Waals surface area contributed by atoms with Gasteiger partial charge >= 0.3 is 5.97 Å². The molecule has 72 valence electrons. The lowest BCUT2D eigenvalue weighted by atomic mass is 10.2. The third-order valence-electron chi connectivity index (χ3n) is 1.95. The van der Waals surface area contributed by atoms with Gasteiger partial charge in [-0.1, -0.05) is 12.1 Å². The first-order chi connectivity index (χ1) is 6.68. The Bertz CT molecular complexity index is 484. The summed E-state index contributed by atoms with van der Waals surface area (Å²) in [5, 5.41) is 18.7. The number of hydrogen-bond donors (Lipinski definition) is 2. The Kier molecular flexibility index (Phi) is 1.89. The smallest absolute Gasteiger partial charge is 0.311 e. The van der Waals surface area contributed by atoms with Crippen LogP contribution in [-0.2, 0) is 11.2 Å². The van der Waals surface area contributed by atoms with Crippen molar-refractivity contribution in [2.75, 3.05) is 0 Å². The molecule has 4 nitrogen and oxygen atoms in total. The molecule has 0 radical (unpaired) electrons. The summed E-state index contributed by atoms with van der Waals surface area (Å²) >= 11 is 0. The van der Waals surface area contributed by atoms with Gasteiger partial charge in [-0.2, -0.15) is 0 Å². The fraction of sp³-hybridized carbons (Fsp3) is 0.100. The first kappa shape index (κ1) is 8.62. The standard InChI is InChI=1S/C10H8O4/c11-9(12)5-8-10(13)6-3-1-2-4-7(6)14-8/h1-4,13H,5H2,(H,11,12). The Balaban J connectivity index is 2.57. The van der Waals surface area contributed by atoms with E-state index in [0.29, 0.717) is 11.0 Å². The van der Waals surface area contributed by atoms with Crippen LogP contribution >= 0.6 is 0 Å². The number of carbonyl (C=O) groups is 1. The minimum absolute atomic E-state index is 0.0806. The van der Waals surface area contributed by atoms with Crippen LogP contribution in [0, 0.1) is 0 Å². The summed E-state index contributed by atoms with van der Waals surface area (Å²) in [6, 6.07) is 6.87. The van der Waals surface area contributed by atoms with E-state index in [4.69, 9.17) is 9.52 Å². The molecule has 2 rings (SSSR count). The molecule has 0 atom stereocenters. The van der Waals surface area contributed by atoms with Crippen molar-refractivity contribution in [2.45, 2.75) is 6.42 Å². The van der Waals surface area contributed by atoms with Gasteiger partial charge in [0.15, 0.2) is 11.5 Å². The highest BCUT2D eigenvalue weighted by atomic mass is 16.4. The van der Waals surface area contributed by atoms with Crippen molar-refractivity contribution in [1.82, 2.24) is 0 Å². The number of hydrogen-bond acceptors (Lipinski definition) is 3. The molecule has 14 heavy (non-hydrogen) atoms. The largest absolute Gasteiger partial charge is 0.504 e. The van der Waals surface area contributed by atoms with E-state index in [2.05, 4.69) is 0 Å². The van der Waals surface area contributed by atoms with Crippen molar-refractivity contribution in [3.8, 4) is 5.75 Å². The fourth-order valence-electron chi connectivity index (χ4n) is 1.34. The van der Waals surface area contributed by atoms with Crippen LogP contribution in [0.25, 0.3) is 11.0 Å².